The van der Waals surface area contributed by atoms with Crippen LogP contribution in [0.15, 0.2) is 11.1 Å². The Morgan fingerprint density at radius 1 is 1.43 bits per heavy atom. The highest BCUT2D eigenvalue weighted by atomic mass is 35.7. The van der Waals surface area contributed by atoms with Gasteiger partial charge in [0.1, 0.15) is 4.90 Å². The molecule has 1 aliphatic rings. The van der Waals surface area contributed by atoms with Gasteiger partial charge in [-0.15, -0.1) is 0 Å². The van der Waals surface area contributed by atoms with Gasteiger partial charge in [0.05, 0.1) is 11.9 Å². The van der Waals surface area contributed by atoms with E-state index < -0.39 is 9.05 Å². The highest BCUT2D eigenvalue weighted by Gasteiger charge is 2.26. The van der Waals surface area contributed by atoms with Crippen LogP contribution in [0.4, 0.5) is 0 Å². The maximum atomic E-state index is 11.2. The molecule has 0 aliphatic heterocycles. The Balaban J connectivity index is 2.39. The summed E-state index contributed by atoms with van der Waals surface area (Å²) in [6.07, 6.45) is 5.61. The SMILES string of the molecule is O=S(=O)(Cl)c1cn[nH]c1C1CCCC1. The van der Waals surface area contributed by atoms with Gasteiger partial charge in [-0.05, 0) is 12.8 Å². The van der Waals surface area contributed by atoms with Gasteiger partial charge >= 0.3 is 0 Å². The minimum absolute atomic E-state index is 0.145. The van der Waals surface area contributed by atoms with E-state index in [4.69, 9.17) is 10.7 Å². The summed E-state index contributed by atoms with van der Waals surface area (Å²) < 4.78 is 22.4. The molecule has 0 aromatic carbocycles. The first-order valence-corrected chi connectivity index (χ1v) is 6.88. The molecule has 1 aromatic heterocycles. The number of hydrogen-bond donors (Lipinski definition) is 1. The number of nitrogens with one attached hydrogen (secondary N) is 1. The lowest BCUT2D eigenvalue weighted by atomic mass is 10.1. The number of aromatic nitrogens is 2. The van der Waals surface area contributed by atoms with Gasteiger partial charge in [-0.3, -0.25) is 5.10 Å². The number of halogens is 1. The number of H-pyrrole nitrogens is 1. The third-order valence-electron chi connectivity index (χ3n) is 2.66. The molecule has 2 rings (SSSR count). The minimum Gasteiger partial charge on any atom is -0.281 e. The van der Waals surface area contributed by atoms with Crippen molar-refractivity contribution in [2.24, 2.45) is 0 Å². The van der Waals surface area contributed by atoms with E-state index >= 15 is 0 Å². The maximum absolute atomic E-state index is 11.2. The van der Waals surface area contributed by atoms with E-state index in [1.165, 1.54) is 6.20 Å². The van der Waals surface area contributed by atoms with Crippen LogP contribution >= 0.6 is 10.7 Å². The van der Waals surface area contributed by atoms with Crippen molar-refractivity contribution in [3.63, 3.8) is 0 Å². The molecular formula is C8H11ClN2O2S. The second-order valence-electron chi connectivity index (χ2n) is 3.57. The number of hydrogen-bond acceptors (Lipinski definition) is 3. The largest absolute Gasteiger partial charge is 0.281 e. The van der Waals surface area contributed by atoms with E-state index in [0.717, 1.165) is 25.7 Å². The van der Waals surface area contributed by atoms with Gasteiger partial charge in [0.2, 0.25) is 0 Å². The molecule has 0 atom stereocenters. The van der Waals surface area contributed by atoms with Crippen LogP contribution in [0.5, 0.6) is 0 Å². The third kappa shape index (κ3) is 1.79. The number of nitrogens with zero attached hydrogens (tertiary/aromatic N) is 1. The summed E-state index contributed by atoms with van der Waals surface area (Å²) >= 11 is 0. The van der Waals surface area contributed by atoms with E-state index in [-0.39, 0.29) is 10.8 Å². The van der Waals surface area contributed by atoms with Crippen LogP contribution in [-0.2, 0) is 9.05 Å². The van der Waals surface area contributed by atoms with E-state index in [0.29, 0.717) is 5.69 Å². The van der Waals surface area contributed by atoms with Gasteiger partial charge in [-0.2, -0.15) is 5.10 Å². The number of rotatable bonds is 2. The predicted octanol–water partition coefficient (Wildman–Crippen LogP) is 1.99. The fraction of sp³-hybridized carbons (Fsp3) is 0.625. The van der Waals surface area contributed by atoms with Crippen LogP contribution in [0.1, 0.15) is 37.3 Å². The molecule has 0 unspecified atom stereocenters. The average molecular weight is 235 g/mol. The molecule has 6 heteroatoms. The normalized spacial score (nSPS) is 18.9. The Hall–Kier alpha value is -0.550. The zero-order chi connectivity index (χ0) is 10.2. The Bertz CT molecular complexity index is 420. The maximum Gasteiger partial charge on any atom is 0.264 e. The molecule has 1 saturated carbocycles. The lowest BCUT2D eigenvalue weighted by Crippen LogP contribution is -2.00. The smallest absolute Gasteiger partial charge is 0.264 e. The monoisotopic (exact) mass is 234 g/mol. The first kappa shape index (κ1) is 9.98. The molecule has 0 radical (unpaired) electrons. The summed E-state index contributed by atoms with van der Waals surface area (Å²) in [5, 5.41) is 6.49. The average Bonchev–Trinajstić information content (AvgIpc) is 2.73. The molecule has 0 bridgehead atoms. The van der Waals surface area contributed by atoms with Crippen LogP contribution in [0.3, 0.4) is 0 Å². The summed E-state index contributed by atoms with van der Waals surface area (Å²) in [6.45, 7) is 0. The molecule has 0 spiro atoms. The van der Waals surface area contributed by atoms with E-state index in [9.17, 15) is 8.42 Å². The zero-order valence-electron chi connectivity index (χ0n) is 7.53. The minimum atomic E-state index is -3.65. The predicted molar refractivity (Wildman–Crippen MR) is 52.8 cm³/mol. The second kappa shape index (κ2) is 3.55. The Morgan fingerprint density at radius 3 is 2.64 bits per heavy atom. The van der Waals surface area contributed by atoms with Gasteiger partial charge < -0.3 is 0 Å². The zero-order valence-corrected chi connectivity index (χ0v) is 9.11. The molecule has 0 amide bonds. The van der Waals surface area contributed by atoms with Gasteiger partial charge in [0.15, 0.2) is 0 Å². The van der Waals surface area contributed by atoms with Gasteiger partial charge in [0, 0.05) is 16.6 Å². The molecule has 1 aromatic rings. The number of aromatic amines is 1. The Kier molecular flexibility index (Phi) is 2.53. The van der Waals surface area contributed by atoms with Crippen molar-refractivity contribution in [1.82, 2.24) is 10.2 Å². The molecular weight excluding hydrogens is 224 g/mol. The topological polar surface area (TPSA) is 62.8 Å². The van der Waals surface area contributed by atoms with E-state index in [1.54, 1.807) is 0 Å². The van der Waals surface area contributed by atoms with E-state index in [2.05, 4.69) is 10.2 Å². The molecule has 78 valence electrons. The van der Waals surface area contributed by atoms with Crippen molar-refractivity contribution < 1.29 is 8.42 Å². The van der Waals surface area contributed by atoms with Crippen LogP contribution in [0.2, 0.25) is 0 Å². The summed E-state index contributed by atoms with van der Waals surface area (Å²) in [5.74, 6) is 0.279. The molecule has 1 N–H and O–H groups in total. The standard InChI is InChI=1S/C8H11ClN2O2S/c9-14(12,13)7-5-10-11-8(7)6-3-1-2-4-6/h5-6H,1-4H2,(H,10,11). The summed E-state index contributed by atoms with van der Waals surface area (Å²) in [7, 11) is 1.65. The van der Waals surface area contributed by atoms with Crippen LogP contribution < -0.4 is 0 Å². The molecule has 1 heterocycles. The molecule has 0 saturated heterocycles. The Labute approximate surface area is 87.1 Å². The highest BCUT2D eigenvalue weighted by molar-refractivity contribution is 8.13. The molecule has 1 fully saturated rings. The van der Waals surface area contributed by atoms with Gasteiger partial charge in [-0.1, -0.05) is 12.8 Å². The highest BCUT2D eigenvalue weighted by Crippen LogP contribution is 2.36. The van der Waals surface area contributed by atoms with Crippen molar-refractivity contribution in [2.45, 2.75) is 36.5 Å². The first-order chi connectivity index (χ1) is 6.59. The molecule has 1 aliphatic carbocycles. The van der Waals surface area contributed by atoms with Crippen LogP contribution in [0, 0.1) is 0 Å². The lowest BCUT2D eigenvalue weighted by Gasteiger charge is -2.06. The van der Waals surface area contributed by atoms with Crippen molar-refractivity contribution >= 4 is 19.7 Å². The fourth-order valence-corrected chi connectivity index (χ4v) is 3.01. The van der Waals surface area contributed by atoms with Crippen molar-refractivity contribution in [3.8, 4) is 0 Å². The summed E-state index contributed by atoms with van der Waals surface area (Å²) in [6, 6.07) is 0. The van der Waals surface area contributed by atoms with Crippen LogP contribution in [0.25, 0.3) is 0 Å². The quantitative estimate of drug-likeness (QED) is 0.796. The first-order valence-electron chi connectivity index (χ1n) is 4.57. The molecule has 14 heavy (non-hydrogen) atoms. The van der Waals surface area contributed by atoms with Gasteiger partial charge in [-0.25, -0.2) is 8.42 Å². The van der Waals surface area contributed by atoms with Crippen molar-refractivity contribution in [2.75, 3.05) is 0 Å². The summed E-state index contributed by atoms with van der Waals surface area (Å²) in [4.78, 5) is 0.145. The van der Waals surface area contributed by atoms with Crippen molar-refractivity contribution in [1.29, 1.82) is 0 Å². The van der Waals surface area contributed by atoms with Crippen molar-refractivity contribution in [3.05, 3.63) is 11.9 Å². The van der Waals surface area contributed by atoms with E-state index in [1.807, 2.05) is 0 Å². The fourth-order valence-electron chi connectivity index (χ4n) is 1.99. The lowest BCUT2D eigenvalue weighted by molar-refractivity contribution is 0.604. The Morgan fingerprint density at radius 2 is 2.07 bits per heavy atom. The van der Waals surface area contributed by atoms with Crippen LogP contribution in [-0.4, -0.2) is 18.6 Å². The molecule has 4 nitrogen and oxygen atoms in total. The third-order valence-corrected chi connectivity index (χ3v) is 4.01. The summed E-state index contributed by atoms with van der Waals surface area (Å²) in [5.41, 5.74) is 0.678. The van der Waals surface area contributed by atoms with Gasteiger partial charge in [0.25, 0.3) is 9.05 Å². The second-order valence-corrected chi connectivity index (χ2v) is 6.10.